The molecule has 2 aliphatic heterocycles. The Morgan fingerprint density at radius 2 is 1.59 bits per heavy atom. The summed E-state index contributed by atoms with van der Waals surface area (Å²) in [5, 5.41) is 27.1. The Hall–Kier alpha value is -6.74. The zero-order chi connectivity index (χ0) is 56.4. The zero-order valence-electron chi connectivity index (χ0n) is 44.6. The van der Waals surface area contributed by atoms with Gasteiger partial charge < -0.3 is 46.2 Å². The second-order valence-corrected chi connectivity index (χ2v) is 22.6. The Morgan fingerprint density at radius 1 is 0.910 bits per heavy atom. The molecule has 2 fully saturated rings. The second-order valence-electron chi connectivity index (χ2n) is 21.0. The number of ether oxygens (including phenoxy) is 1. The van der Waals surface area contributed by atoms with Crippen LogP contribution in [0.4, 0.5) is 15.9 Å². The van der Waals surface area contributed by atoms with Gasteiger partial charge in [-0.1, -0.05) is 81.1 Å². The Morgan fingerprint density at radius 3 is 2.24 bits per heavy atom. The van der Waals surface area contributed by atoms with Crippen LogP contribution in [0.15, 0.2) is 72.2 Å². The van der Waals surface area contributed by atoms with E-state index in [1.54, 1.807) is 46.0 Å². The van der Waals surface area contributed by atoms with E-state index in [-0.39, 0.29) is 102 Å². The van der Waals surface area contributed by atoms with Gasteiger partial charge in [0.1, 0.15) is 17.9 Å². The van der Waals surface area contributed by atoms with Gasteiger partial charge in [0.25, 0.3) is 11.8 Å². The van der Waals surface area contributed by atoms with E-state index in [0.717, 1.165) is 21.7 Å². The maximum absolute atomic E-state index is 14.1. The van der Waals surface area contributed by atoms with E-state index in [0.29, 0.717) is 62.0 Å². The maximum atomic E-state index is 14.1. The van der Waals surface area contributed by atoms with Crippen molar-refractivity contribution in [2.75, 3.05) is 37.3 Å². The van der Waals surface area contributed by atoms with E-state index in [1.165, 1.54) is 23.1 Å². The molecule has 78 heavy (non-hydrogen) atoms. The van der Waals surface area contributed by atoms with Crippen LogP contribution in [-0.2, 0) is 32.1 Å². The van der Waals surface area contributed by atoms with Crippen molar-refractivity contribution in [2.45, 2.75) is 130 Å². The molecular formula is C56H67Cl2FN10O8S. The number of carbonyl (C=O) groups excluding carboxylic acids is 6. The van der Waals surface area contributed by atoms with E-state index in [4.69, 9.17) is 33.7 Å². The van der Waals surface area contributed by atoms with Crippen molar-refractivity contribution in [2.24, 2.45) is 5.41 Å². The summed E-state index contributed by atoms with van der Waals surface area (Å²) in [5.41, 5.74) is 11.0. The number of unbranched alkanes of at least 4 members (excludes halogenated alkanes) is 3. The van der Waals surface area contributed by atoms with Gasteiger partial charge in [-0.05, 0) is 92.1 Å². The second kappa shape index (κ2) is 26.3. The van der Waals surface area contributed by atoms with Crippen molar-refractivity contribution >= 4 is 81.5 Å². The highest BCUT2D eigenvalue weighted by Crippen LogP contribution is 2.31. The van der Waals surface area contributed by atoms with Crippen molar-refractivity contribution in [1.29, 1.82) is 0 Å². The van der Waals surface area contributed by atoms with Crippen molar-refractivity contribution in [3.63, 3.8) is 0 Å². The van der Waals surface area contributed by atoms with E-state index in [1.807, 2.05) is 70.7 Å². The lowest BCUT2D eigenvalue weighted by Gasteiger charge is -2.44. The Labute approximate surface area is 467 Å². The molecule has 416 valence electrons. The van der Waals surface area contributed by atoms with Gasteiger partial charge in [0.2, 0.25) is 23.6 Å². The number of nitrogens with one attached hydrogen (secondary N) is 3. The van der Waals surface area contributed by atoms with Crippen LogP contribution in [0.25, 0.3) is 10.4 Å². The number of β-amino-alcohol motifs (C(OH)–C–C–N with tert-alkyl or cyclic N) is 1. The van der Waals surface area contributed by atoms with Gasteiger partial charge in [0.15, 0.2) is 17.3 Å². The number of nitrogens with two attached hydrogens (primary N) is 1. The monoisotopic (exact) mass is 1130 g/mol. The van der Waals surface area contributed by atoms with Crippen LogP contribution >= 0.6 is 34.5 Å². The average molecular weight is 1130 g/mol. The molecule has 6 N–H and O–H groups in total. The summed E-state index contributed by atoms with van der Waals surface area (Å²) in [5.74, 6) is -2.52. The summed E-state index contributed by atoms with van der Waals surface area (Å²) < 4.78 is 19.7. The molecule has 18 nitrogen and oxygen atoms in total. The number of hydrogen-bond acceptors (Lipinski definition) is 13. The molecule has 5 aromatic rings. The third-order valence-corrected chi connectivity index (χ3v) is 15.6. The molecule has 2 aliphatic rings. The van der Waals surface area contributed by atoms with Gasteiger partial charge in [-0.3, -0.25) is 28.8 Å². The molecule has 3 aromatic carbocycles. The Kier molecular flexibility index (Phi) is 19.9. The number of hydrogen-bond donors (Lipinski definition) is 5. The first-order valence-corrected chi connectivity index (χ1v) is 27.7. The first kappa shape index (κ1) is 58.9. The van der Waals surface area contributed by atoms with Gasteiger partial charge in [0.05, 0.1) is 33.8 Å². The van der Waals surface area contributed by atoms with Gasteiger partial charge >= 0.3 is 0 Å². The molecule has 4 heterocycles. The number of aryl methyl sites for hydroxylation is 1. The normalized spacial score (nSPS) is 17.8. The number of likely N-dealkylation sites (tertiary alicyclic amines) is 1. The molecule has 0 spiro atoms. The third kappa shape index (κ3) is 14.9. The molecular weight excluding hydrogens is 1060 g/mol. The van der Waals surface area contributed by atoms with Gasteiger partial charge in [-0.2, -0.15) is 0 Å². The SMILES string of the molecule is Cc1ncsc1-c1ccc(CNC(=O)[C@@H]2C[C@@H](O)CN2C(=O)[C@@H](NC(=O)CCCCCCC(=O)N2[C@H](C)CN(C(=O)c3ccc(NC(=O)c4cc(OCCc5c(Cl)ccc(F)c5Cl)c(N)nn4)cc3)C[C@@H]2C)C(C)(C)C)cc1. The summed E-state index contributed by atoms with van der Waals surface area (Å²) >= 11 is 13.8. The minimum absolute atomic E-state index is 0.00471. The molecule has 5 atom stereocenters. The average Bonchev–Trinajstić information content (AvgIpc) is 4.09. The van der Waals surface area contributed by atoms with Crippen molar-refractivity contribution in [1.82, 2.24) is 40.5 Å². The van der Waals surface area contributed by atoms with Crippen molar-refractivity contribution in [3.05, 3.63) is 116 Å². The number of nitrogens with zero attached hydrogens (tertiary/aromatic N) is 6. The minimum Gasteiger partial charge on any atom is -0.489 e. The van der Waals surface area contributed by atoms with Crippen molar-refractivity contribution in [3.8, 4) is 16.2 Å². The number of amides is 6. The number of aliphatic hydroxyl groups is 1. The molecule has 0 aliphatic carbocycles. The number of halogens is 3. The number of aromatic nitrogens is 3. The molecule has 6 amide bonds. The zero-order valence-corrected chi connectivity index (χ0v) is 46.9. The Bertz CT molecular complexity index is 2970. The summed E-state index contributed by atoms with van der Waals surface area (Å²) in [6, 6.07) is 15.8. The molecule has 0 bridgehead atoms. The lowest BCUT2D eigenvalue weighted by atomic mass is 9.85. The topological polar surface area (TPSA) is 242 Å². The molecule has 22 heteroatoms. The van der Waals surface area contributed by atoms with Crippen LogP contribution in [0, 0.1) is 18.2 Å². The highest BCUT2D eigenvalue weighted by atomic mass is 35.5. The van der Waals surface area contributed by atoms with E-state index in [9.17, 15) is 38.3 Å². The lowest BCUT2D eigenvalue weighted by molar-refractivity contribution is -0.144. The first-order chi connectivity index (χ1) is 37.1. The maximum Gasteiger partial charge on any atom is 0.276 e. The predicted molar refractivity (Wildman–Crippen MR) is 297 cm³/mol. The van der Waals surface area contributed by atoms with E-state index in [2.05, 4.69) is 31.1 Å². The largest absolute Gasteiger partial charge is 0.489 e. The number of nitrogen functional groups attached to an aromatic ring is 1. The van der Waals surface area contributed by atoms with Crippen LogP contribution < -0.4 is 26.4 Å². The number of piperazine rings is 1. The lowest BCUT2D eigenvalue weighted by Crippen LogP contribution is -2.59. The first-order valence-electron chi connectivity index (χ1n) is 26.0. The van der Waals surface area contributed by atoms with Crippen LogP contribution in [0.5, 0.6) is 5.75 Å². The van der Waals surface area contributed by atoms with Gasteiger partial charge in [0, 0.05) is 86.3 Å². The summed E-state index contributed by atoms with van der Waals surface area (Å²) in [6.07, 6.45) is 2.43. The number of thiazole rings is 1. The van der Waals surface area contributed by atoms with Gasteiger partial charge in [-0.25, -0.2) is 9.37 Å². The standard InChI is InChI=1S/C56H67Cl2FN10O8S/c1-32-28-67(54(75)37-17-19-38(20-18-37)63-52(73)43-26-45(51(60)66-65-43)77-24-23-40-41(57)21-22-42(59)48(40)58)29-33(2)69(32)47(72)12-10-8-7-9-11-46(71)64-50(56(4,5)6)55(76)68-30-39(70)25-44(68)53(74)61-27-35-13-15-36(16-14-35)49-34(3)62-31-78-49/h13-22,26,31-33,39,44,50,70H,7-12,23-25,27-30H2,1-6H3,(H2,60,66)(H,61,74)(H,63,73)(H,64,71)/t32-,33+,39-,44+,50-/m1/s1. The molecule has 0 radical (unpaired) electrons. The molecule has 7 rings (SSSR count). The quantitative estimate of drug-likeness (QED) is 0.0368. The fourth-order valence-corrected chi connectivity index (χ4v) is 11.2. The van der Waals surface area contributed by atoms with Crippen LogP contribution in [-0.4, -0.2) is 127 Å². The molecule has 0 saturated carbocycles. The van der Waals surface area contributed by atoms with E-state index >= 15 is 0 Å². The highest BCUT2D eigenvalue weighted by Gasteiger charge is 2.44. The van der Waals surface area contributed by atoms with Crippen LogP contribution in [0.2, 0.25) is 10.0 Å². The molecule has 0 unspecified atom stereocenters. The number of rotatable bonds is 20. The predicted octanol–water partition coefficient (Wildman–Crippen LogP) is 8.02. The summed E-state index contributed by atoms with van der Waals surface area (Å²) in [7, 11) is 0. The number of carbonyl (C=O) groups is 6. The highest BCUT2D eigenvalue weighted by molar-refractivity contribution is 7.13. The van der Waals surface area contributed by atoms with Gasteiger partial charge in [-0.15, -0.1) is 21.5 Å². The van der Waals surface area contributed by atoms with Crippen LogP contribution in [0.1, 0.15) is 117 Å². The van der Waals surface area contributed by atoms with Crippen LogP contribution in [0.3, 0.4) is 0 Å². The Balaban J connectivity index is 0.809. The fourth-order valence-electron chi connectivity index (χ4n) is 9.78. The summed E-state index contributed by atoms with van der Waals surface area (Å²) in [6.45, 7) is 12.2. The minimum atomic E-state index is -0.933. The molecule has 2 aromatic heterocycles. The number of benzene rings is 3. The smallest absolute Gasteiger partial charge is 0.276 e. The van der Waals surface area contributed by atoms with E-state index < -0.39 is 41.2 Å². The third-order valence-electron chi connectivity index (χ3n) is 13.9. The van der Waals surface area contributed by atoms with Crippen molar-refractivity contribution < 1.29 is 43.0 Å². The number of anilines is 2. The number of aliphatic hydroxyl groups excluding tert-OH is 1. The fraction of sp³-hybridized carbons (Fsp3) is 0.446. The summed E-state index contributed by atoms with van der Waals surface area (Å²) in [4.78, 5) is 91.6. The molecule has 2 saturated heterocycles.